The summed E-state index contributed by atoms with van der Waals surface area (Å²) in [7, 11) is 0. The summed E-state index contributed by atoms with van der Waals surface area (Å²) in [5, 5.41) is 8.08. The monoisotopic (exact) mass is 531 g/mol. The third kappa shape index (κ3) is 6.57. The first-order valence-electron chi connectivity index (χ1n) is 13.5. The molecule has 39 heavy (non-hydrogen) atoms. The van der Waals surface area contributed by atoms with Gasteiger partial charge in [0.2, 0.25) is 11.9 Å². The highest BCUT2D eigenvalue weighted by Crippen LogP contribution is 2.29. The van der Waals surface area contributed by atoms with Crippen LogP contribution in [0.15, 0.2) is 48.7 Å². The van der Waals surface area contributed by atoms with Gasteiger partial charge in [-0.15, -0.1) is 5.10 Å². The fourth-order valence-electron chi connectivity index (χ4n) is 5.21. The Morgan fingerprint density at radius 2 is 1.82 bits per heavy atom. The predicted octanol–water partition coefficient (Wildman–Crippen LogP) is 4.16. The maximum Gasteiger partial charge on any atom is 0.410 e. The predicted molar refractivity (Wildman–Crippen MR) is 151 cm³/mol. The second-order valence-electron chi connectivity index (χ2n) is 11.3. The number of anilines is 2. The van der Waals surface area contributed by atoms with E-state index in [0.29, 0.717) is 31.5 Å². The number of piperidine rings is 1. The number of nitrogens with two attached hydrogens (primary N) is 1. The molecule has 0 radical (unpaired) electrons. The van der Waals surface area contributed by atoms with Gasteiger partial charge in [0.15, 0.2) is 0 Å². The summed E-state index contributed by atoms with van der Waals surface area (Å²) in [5.41, 5.74) is 10.1. The summed E-state index contributed by atoms with van der Waals surface area (Å²) < 4.78 is 7.41. The Bertz CT molecular complexity index is 1370. The number of amides is 2. The standard InChI is InChI=1S/C29H37N7O3/c1-29(2,3)39-28(38)35-16-12-22(13-17-35)25-9-8-24-18-31-27(33-36(24)25)32-23-6-4-20(5-7-23)21-10-14-34(15-11-21)19-26(30)37/h4-9,12,18,21H,10-11,13-17,19H2,1-3H3,(H2,30,37)(H,32,33). The first-order chi connectivity index (χ1) is 18.6. The molecule has 3 aromatic rings. The number of hydrogen-bond donors (Lipinski definition) is 2. The van der Waals surface area contributed by atoms with Gasteiger partial charge in [-0.25, -0.2) is 14.3 Å². The number of aromatic nitrogens is 3. The summed E-state index contributed by atoms with van der Waals surface area (Å²) in [4.78, 5) is 31.9. The van der Waals surface area contributed by atoms with Gasteiger partial charge >= 0.3 is 6.09 Å². The van der Waals surface area contributed by atoms with Gasteiger partial charge in [0.1, 0.15) is 5.60 Å². The first-order valence-corrected chi connectivity index (χ1v) is 13.5. The molecular formula is C29H37N7O3. The van der Waals surface area contributed by atoms with Crippen LogP contribution in [0.1, 0.15) is 57.2 Å². The minimum absolute atomic E-state index is 0.267. The fraction of sp³-hybridized carbons (Fsp3) is 0.448. The van der Waals surface area contributed by atoms with Gasteiger partial charge in [0.25, 0.3) is 0 Å². The molecule has 4 heterocycles. The van der Waals surface area contributed by atoms with Gasteiger partial charge in [0, 0.05) is 18.8 Å². The maximum absolute atomic E-state index is 12.4. The maximum atomic E-state index is 12.4. The summed E-state index contributed by atoms with van der Waals surface area (Å²) in [6.45, 7) is 8.84. The topological polar surface area (TPSA) is 118 Å². The number of hydrogen-bond acceptors (Lipinski definition) is 7. The molecule has 1 fully saturated rings. The molecule has 1 aromatic carbocycles. The van der Waals surface area contributed by atoms with Crippen molar-refractivity contribution < 1.29 is 14.3 Å². The van der Waals surface area contributed by atoms with E-state index in [0.717, 1.165) is 54.8 Å². The molecule has 2 aliphatic heterocycles. The normalized spacial score (nSPS) is 17.2. The molecule has 206 valence electrons. The lowest BCUT2D eigenvalue weighted by atomic mass is 9.89. The average Bonchev–Trinajstić information content (AvgIpc) is 3.32. The number of carbonyl (C=O) groups is 2. The number of carbonyl (C=O) groups excluding carboxylic acids is 2. The summed E-state index contributed by atoms with van der Waals surface area (Å²) in [6.07, 6.45) is 6.35. The van der Waals surface area contributed by atoms with Gasteiger partial charge < -0.3 is 20.7 Å². The van der Waals surface area contributed by atoms with E-state index in [4.69, 9.17) is 15.6 Å². The smallest absolute Gasteiger partial charge is 0.410 e. The second kappa shape index (κ2) is 11.1. The molecule has 0 bridgehead atoms. The molecule has 0 atom stereocenters. The number of ether oxygens (including phenoxy) is 1. The average molecular weight is 532 g/mol. The van der Waals surface area contributed by atoms with Crippen LogP contribution >= 0.6 is 0 Å². The molecule has 0 aliphatic carbocycles. The molecule has 10 heteroatoms. The van der Waals surface area contributed by atoms with Crippen LogP contribution < -0.4 is 11.1 Å². The highest BCUT2D eigenvalue weighted by Gasteiger charge is 2.25. The molecule has 3 N–H and O–H groups in total. The highest BCUT2D eigenvalue weighted by molar-refractivity contribution is 5.76. The van der Waals surface area contributed by atoms with Gasteiger partial charge in [0.05, 0.1) is 24.0 Å². The molecule has 0 unspecified atom stereocenters. The number of nitrogens with zero attached hydrogens (tertiary/aromatic N) is 5. The first kappa shape index (κ1) is 26.7. The van der Waals surface area contributed by atoms with Crippen LogP contribution in [0.4, 0.5) is 16.4 Å². The van der Waals surface area contributed by atoms with Crippen molar-refractivity contribution in [1.29, 1.82) is 0 Å². The molecule has 2 amide bonds. The van der Waals surface area contributed by atoms with Crippen molar-refractivity contribution in [3.8, 4) is 0 Å². The van der Waals surface area contributed by atoms with E-state index in [2.05, 4.69) is 45.5 Å². The van der Waals surface area contributed by atoms with Gasteiger partial charge in [-0.3, -0.25) is 9.69 Å². The van der Waals surface area contributed by atoms with Crippen LogP contribution in [-0.2, 0) is 9.53 Å². The van der Waals surface area contributed by atoms with Crippen LogP contribution in [0.5, 0.6) is 0 Å². The SMILES string of the molecule is CC(C)(C)OC(=O)N1CC=C(c2ccc3cnc(Nc4ccc(C5CCN(CC(N)=O)CC5)cc4)nn23)CC1. The van der Waals surface area contributed by atoms with E-state index in [1.165, 1.54) is 5.56 Å². The molecule has 2 aliphatic rings. The number of nitrogens with one attached hydrogen (secondary N) is 1. The highest BCUT2D eigenvalue weighted by atomic mass is 16.6. The van der Waals surface area contributed by atoms with Crippen molar-refractivity contribution in [2.45, 2.75) is 51.6 Å². The zero-order chi connectivity index (χ0) is 27.6. The Hall–Kier alpha value is -3.92. The lowest BCUT2D eigenvalue weighted by Crippen LogP contribution is -2.39. The molecular weight excluding hydrogens is 494 g/mol. The fourth-order valence-corrected chi connectivity index (χ4v) is 5.21. The molecule has 2 aromatic heterocycles. The van der Waals surface area contributed by atoms with Crippen molar-refractivity contribution in [2.24, 2.45) is 5.73 Å². The minimum Gasteiger partial charge on any atom is -0.444 e. The molecule has 5 rings (SSSR count). The van der Waals surface area contributed by atoms with E-state index in [9.17, 15) is 9.59 Å². The number of rotatable bonds is 6. The van der Waals surface area contributed by atoms with E-state index < -0.39 is 5.60 Å². The Morgan fingerprint density at radius 1 is 1.08 bits per heavy atom. The Balaban J connectivity index is 1.23. The number of likely N-dealkylation sites (tertiary alicyclic amines) is 1. The summed E-state index contributed by atoms with van der Waals surface area (Å²) in [6, 6.07) is 12.5. The van der Waals surface area contributed by atoms with Gasteiger partial charge in [-0.1, -0.05) is 18.2 Å². The third-order valence-corrected chi connectivity index (χ3v) is 7.19. The van der Waals surface area contributed by atoms with Crippen LogP contribution in [0, 0.1) is 0 Å². The van der Waals surface area contributed by atoms with Crippen LogP contribution in [0.3, 0.4) is 0 Å². The Kier molecular flexibility index (Phi) is 7.56. The summed E-state index contributed by atoms with van der Waals surface area (Å²) in [5.74, 6) is 0.726. The number of benzene rings is 1. The molecule has 0 spiro atoms. The summed E-state index contributed by atoms with van der Waals surface area (Å²) >= 11 is 0. The second-order valence-corrected chi connectivity index (χ2v) is 11.3. The van der Waals surface area contributed by atoms with Crippen LogP contribution in [-0.4, -0.2) is 74.7 Å². The van der Waals surface area contributed by atoms with E-state index in [1.54, 1.807) is 4.90 Å². The van der Waals surface area contributed by atoms with E-state index in [-0.39, 0.29) is 12.0 Å². The molecule has 1 saturated heterocycles. The van der Waals surface area contributed by atoms with Gasteiger partial charge in [-0.2, -0.15) is 0 Å². The van der Waals surface area contributed by atoms with Crippen molar-refractivity contribution >= 4 is 34.7 Å². The van der Waals surface area contributed by atoms with E-state index in [1.807, 2.05) is 43.6 Å². The third-order valence-electron chi connectivity index (χ3n) is 7.19. The van der Waals surface area contributed by atoms with Crippen LogP contribution in [0.2, 0.25) is 0 Å². The Morgan fingerprint density at radius 3 is 2.46 bits per heavy atom. The molecule has 10 nitrogen and oxygen atoms in total. The van der Waals surface area contributed by atoms with Crippen molar-refractivity contribution in [3.63, 3.8) is 0 Å². The van der Waals surface area contributed by atoms with Crippen molar-refractivity contribution in [1.82, 2.24) is 24.4 Å². The quantitative estimate of drug-likeness (QED) is 0.490. The van der Waals surface area contributed by atoms with Crippen molar-refractivity contribution in [2.75, 3.05) is 38.0 Å². The zero-order valence-electron chi connectivity index (χ0n) is 22.9. The number of fused-ring (bicyclic) bond motifs is 1. The van der Waals surface area contributed by atoms with Crippen LogP contribution in [0.25, 0.3) is 11.1 Å². The van der Waals surface area contributed by atoms with Crippen molar-refractivity contribution in [3.05, 3.63) is 59.9 Å². The molecule has 0 saturated carbocycles. The largest absolute Gasteiger partial charge is 0.444 e. The number of primary amides is 1. The van der Waals surface area contributed by atoms with E-state index >= 15 is 0 Å². The lowest BCUT2D eigenvalue weighted by molar-refractivity contribution is -0.119. The van der Waals surface area contributed by atoms with Gasteiger partial charge in [-0.05, 0) is 94.4 Å². The lowest BCUT2D eigenvalue weighted by Gasteiger charge is -2.31. The Labute approximate surface area is 228 Å². The zero-order valence-corrected chi connectivity index (χ0v) is 22.9. The minimum atomic E-state index is -0.509.